The number of halogens is 1. The van der Waals surface area contributed by atoms with Gasteiger partial charge in [-0.15, -0.1) is 24.0 Å². The topological polar surface area (TPSA) is 62.5 Å². The summed E-state index contributed by atoms with van der Waals surface area (Å²) in [4.78, 5) is 4.50. The average molecular weight is 394 g/mol. The van der Waals surface area contributed by atoms with Crippen molar-refractivity contribution in [3.05, 3.63) is 18.0 Å². The van der Waals surface area contributed by atoms with Crippen molar-refractivity contribution in [2.24, 2.45) is 4.99 Å². The molecule has 0 aliphatic rings. The molecule has 1 heterocycles. The molecule has 20 heavy (non-hydrogen) atoms. The number of nitrogens with zero attached hydrogens (tertiary/aromatic N) is 2. The van der Waals surface area contributed by atoms with Crippen LogP contribution in [0, 0.1) is 0 Å². The first-order valence-corrected chi connectivity index (χ1v) is 7.20. The average Bonchev–Trinajstić information content (AvgIpc) is 2.89. The van der Waals surface area contributed by atoms with Crippen LogP contribution in [0.2, 0.25) is 0 Å². The van der Waals surface area contributed by atoms with Crippen LogP contribution < -0.4 is 10.6 Å². The van der Waals surface area contributed by atoms with E-state index in [1.807, 2.05) is 6.07 Å². The Morgan fingerprint density at radius 3 is 2.80 bits per heavy atom. The van der Waals surface area contributed by atoms with Crippen LogP contribution >= 0.6 is 24.0 Å². The summed E-state index contributed by atoms with van der Waals surface area (Å²) in [5, 5.41) is 10.5. The van der Waals surface area contributed by atoms with Crippen LogP contribution in [0.1, 0.15) is 52.1 Å². The molecule has 0 saturated carbocycles. The van der Waals surface area contributed by atoms with Crippen LogP contribution in [0.5, 0.6) is 0 Å². The maximum absolute atomic E-state index is 4.79. The lowest BCUT2D eigenvalue weighted by Crippen LogP contribution is -2.42. The lowest BCUT2D eigenvalue weighted by atomic mass is 10.1. The number of aromatic nitrogens is 1. The Labute approximate surface area is 139 Å². The lowest BCUT2D eigenvalue weighted by Gasteiger charge is -2.17. The number of aliphatic imine (C=N–C) groups is 1. The van der Waals surface area contributed by atoms with Crippen LogP contribution in [-0.2, 0) is 6.54 Å². The van der Waals surface area contributed by atoms with E-state index < -0.39 is 0 Å². The minimum Gasteiger partial charge on any atom is -0.364 e. The predicted molar refractivity (Wildman–Crippen MR) is 93.5 cm³/mol. The van der Waals surface area contributed by atoms with Crippen LogP contribution in [0.3, 0.4) is 0 Å². The van der Waals surface area contributed by atoms with Crippen LogP contribution in [0.4, 0.5) is 0 Å². The maximum Gasteiger partial charge on any atom is 0.191 e. The van der Waals surface area contributed by atoms with Crippen molar-refractivity contribution < 1.29 is 4.52 Å². The van der Waals surface area contributed by atoms with Gasteiger partial charge in [-0.1, -0.05) is 31.3 Å². The zero-order valence-corrected chi connectivity index (χ0v) is 15.0. The van der Waals surface area contributed by atoms with Gasteiger partial charge in [0.05, 0.1) is 6.54 Å². The largest absolute Gasteiger partial charge is 0.364 e. The third-order valence-electron chi connectivity index (χ3n) is 2.86. The Balaban J connectivity index is 0.00000361. The second-order valence-electron chi connectivity index (χ2n) is 4.73. The highest BCUT2D eigenvalue weighted by Crippen LogP contribution is 2.03. The fourth-order valence-corrected chi connectivity index (χ4v) is 1.81. The Kier molecular flexibility index (Phi) is 11.5. The van der Waals surface area contributed by atoms with Gasteiger partial charge in [0.1, 0.15) is 12.0 Å². The van der Waals surface area contributed by atoms with Crippen LogP contribution in [-0.4, -0.2) is 23.7 Å². The van der Waals surface area contributed by atoms with Crippen molar-refractivity contribution >= 4 is 29.9 Å². The van der Waals surface area contributed by atoms with Crippen molar-refractivity contribution in [2.45, 2.75) is 59.0 Å². The SMILES string of the molecule is CCCCCC(C)NC(=NCc1ccon1)NCC.I. The van der Waals surface area contributed by atoms with Crippen molar-refractivity contribution in [3.63, 3.8) is 0 Å². The minimum absolute atomic E-state index is 0. The Hall–Kier alpha value is -0.790. The van der Waals surface area contributed by atoms with E-state index in [0.717, 1.165) is 18.2 Å². The highest BCUT2D eigenvalue weighted by Gasteiger charge is 2.05. The van der Waals surface area contributed by atoms with Gasteiger partial charge >= 0.3 is 0 Å². The molecule has 0 aliphatic carbocycles. The van der Waals surface area contributed by atoms with E-state index >= 15 is 0 Å². The minimum atomic E-state index is 0. The van der Waals surface area contributed by atoms with Gasteiger partial charge in [-0.05, 0) is 20.3 Å². The molecule has 1 atom stereocenters. The first-order chi connectivity index (χ1) is 9.26. The van der Waals surface area contributed by atoms with Gasteiger partial charge in [0, 0.05) is 18.7 Å². The summed E-state index contributed by atoms with van der Waals surface area (Å²) in [5.74, 6) is 0.842. The lowest BCUT2D eigenvalue weighted by molar-refractivity contribution is 0.412. The standard InChI is InChI=1S/C14H26N4O.HI/c1-4-6-7-8-12(3)17-14(15-5-2)16-11-13-9-10-19-18-13;/h9-10,12H,4-8,11H2,1-3H3,(H2,15,16,17);1H. The molecule has 0 bridgehead atoms. The summed E-state index contributed by atoms with van der Waals surface area (Å²) in [5.41, 5.74) is 0.843. The molecule has 1 aromatic rings. The van der Waals surface area contributed by atoms with Gasteiger partial charge in [0.15, 0.2) is 5.96 Å². The fraction of sp³-hybridized carbons (Fsp3) is 0.714. The molecule has 0 spiro atoms. The van der Waals surface area contributed by atoms with Crippen LogP contribution in [0.25, 0.3) is 0 Å². The number of nitrogens with one attached hydrogen (secondary N) is 2. The molecule has 0 aromatic carbocycles. The number of rotatable bonds is 8. The predicted octanol–water partition coefficient (Wildman–Crippen LogP) is 3.32. The van der Waals surface area contributed by atoms with E-state index in [1.54, 1.807) is 6.26 Å². The highest BCUT2D eigenvalue weighted by molar-refractivity contribution is 14.0. The normalized spacial score (nSPS) is 12.7. The van der Waals surface area contributed by atoms with Gasteiger partial charge in [-0.2, -0.15) is 0 Å². The second kappa shape index (κ2) is 12.0. The molecular formula is C14H27IN4O. The molecule has 0 aliphatic heterocycles. The van der Waals surface area contributed by atoms with Gasteiger partial charge in [0.2, 0.25) is 0 Å². The summed E-state index contributed by atoms with van der Waals surface area (Å²) in [7, 11) is 0. The molecule has 5 nitrogen and oxygen atoms in total. The van der Waals surface area contributed by atoms with Gasteiger partial charge in [0.25, 0.3) is 0 Å². The first kappa shape index (κ1) is 19.2. The molecule has 2 N–H and O–H groups in total. The molecular weight excluding hydrogens is 367 g/mol. The molecule has 0 saturated heterocycles. The van der Waals surface area contributed by atoms with E-state index in [9.17, 15) is 0 Å². The quantitative estimate of drug-likeness (QED) is 0.307. The zero-order chi connectivity index (χ0) is 13.9. The maximum atomic E-state index is 4.79. The van der Waals surface area contributed by atoms with E-state index in [4.69, 9.17) is 4.52 Å². The van der Waals surface area contributed by atoms with Crippen molar-refractivity contribution in [1.29, 1.82) is 0 Å². The summed E-state index contributed by atoms with van der Waals surface area (Å²) in [6, 6.07) is 2.26. The Bertz CT molecular complexity index is 354. The number of hydrogen-bond acceptors (Lipinski definition) is 3. The third-order valence-corrected chi connectivity index (χ3v) is 2.86. The Morgan fingerprint density at radius 2 is 2.20 bits per heavy atom. The molecule has 0 amide bonds. The molecule has 0 fully saturated rings. The third kappa shape index (κ3) is 8.39. The van der Waals surface area contributed by atoms with Gasteiger partial charge < -0.3 is 15.2 Å². The summed E-state index contributed by atoms with van der Waals surface area (Å²) >= 11 is 0. The highest BCUT2D eigenvalue weighted by atomic mass is 127. The van der Waals surface area contributed by atoms with Crippen molar-refractivity contribution in [3.8, 4) is 0 Å². The van der Waals surface area contributed by atoms with Crippen molar-refractivity contribution in [1.82, 2.24) is 15.8 Å². The van der Waals surface area contributed by atoms with E-state index in [0.29, 0.717) is 12.6 Å². The summed E-state index contributed by atoms with van der Waals surface area (Å²) in [6.45, 7) is 7.87. The molecule has 0 radical (unpaired) electrons. The number of hydrogen-bond donors (Lipinski definition) is 2. The van der Waals surface area contributed by atoms with Gasteiger partial charge in [-0.25, -0.2) is 4.99 Å². The fourth-order valence-electron chi connectivity index (χ4n) is 1.81. The van der Waals surface area contributed by atoms with E-state index in [-0.39, 0.29) is 24.0 Å². The van der Waals surface area contributed by atoms with E-state index in [1.165, 1.54) is 25.7 Å². The Morgan fingerprint density at radius 1 is 1.40 bits per heavy atom. The van der Waals surface area contributed by atoms with Gasteiger partial charge in [-0.3, -0.25) is 0 Å². The molecule has 1 rings (SSSR count). The molecule has 1 aromatic heterocycles. The van der Waals surface area contributed by atoms with E-state index in [2.05, 4.69) is 41.6 Å². The molecule has 1 unspecified atom stereocenters. The zero-order valence-electron chi connectivity index (χ0n) is 12.7. The number of unbranched alkanes of at least 4 members (excludes halogenated alkanes) is 2. The van der Waals surface area contributed by atoms with Crippen molar-refractivity contribution in [2.75, 3.05) is 6.54 Å². The summed E-state index contributed by atoms with van der Waals surface area (Å²) < 4.78 is 4.79. The van der Waals surface area contributed by atoms with Crippen LogP contribution in [0.15, 0.2) is 21.8 Å². The molecule has 6 heteroatoms. The smallest absolute Gasteiger partial charge is 0.191 e. The second-order valence-corrected chi connectivity index (χ2v) is 4.73. The summed E-state index contributed by atoms with van der Waals surface area (Å²) in [6.07, 6.45) is 6.54. The monoisotopic (exact) mass is 394 g/mol. The first-order valence-electron chi connectivity index (χ1n) is 7.20. The molecule has 116 valence electrons. The number of guanidine groups is 1.